The predicted molar refractivity (Wildman–Crippen MR) is 134 cm³/mol. The number of ether oxygens (including phenoxy) is 2. The van der Waals surface area contributed by atoms with Gasteiger partial charge in [-0.05, 0) is 54.1 Å². The number of anilines is 1. The normalized spacial score (nSPS) is 12.3. The van der Waals surface area contributed by atoms with E-state index in [-0.39, 0.29) is 39.7 Å². The first kappa shape index (κ1) is 25.9. The second kappa shape index (κ2) is 10.4. The van der Waals surface area contributed by atoms with E-state index in [9.17, 15) is 23.1 Å². The Kier molecular flexibility index (Phi) is 7.51. The van der Waals surface area contributed by atoms with E-state index in [0.29, 0.717) is 17.1 Å². The Morgan fingerprint density at radius 3 is 2.42 bits per heavy atom. The van der Waals surface area contributed by atoms with Crippen LogP contribution in [0.25, 0.3) is 0 Å². The molecular weight excluding hydrogens is 555 g/mol. The number of amides is 1. The number of rotatable bonds is 8. The van der Waals surface area contributed by atoms with Gasteiger partial charge in [-0.25, -0.2) is 13.2 Å². The molecular formula is C23H17Cl3N2O7S. The van der Waals surface area contributed by atoms with Crippen LogP contribution in [-0.4, -0.2) is 38.7 Å². The van der Waals surface area contributed by atoms with Crippen LogP contribution in [0.3, 0.4) is 0 Å². The van der Waals surface area contributed by atoms with Crippen molar-refractivity contribution in [2.75, 3.05) is 17.6 Å². The summed E-state index contributed by atoms with van der Waals surface area (Å²) < 4.78 is 38.6. The zero-order valence-electron chi connectivity index (χ0n) is 18.2. The molecule has 0 unspecified atom stereocenters. The monoisotopic (exact) mass is 570 g/mol. The number of halogens is 3. The van der Waals surface area contributed by atoms with Gasteiger partial charge in [0.1, 0.15) is 11.4 Å². The molecule has 1 aliphatic rings. The number of nitrogens with one attached hydrogen (secondary N) is 1. The van der Waals surface area contributed by atoms with E-state index in [2.05, 4.69) is 5.32 Å². The average Bonchev–Trinajstić information content (AvgIpc) is 3.31. The summed E-state index contributed by atoms with van der Waals surface area (Å²) in [6, 6.07) is 12.5. The number of aromatic carboxylic acids is 1. The lowest BCUT2D eigenvalue weighted by molar-refractivity contribution is -0.119. The number of carbonyl (C=O) groups excluding carboxylic acids is 1. The van der Waals surface area contributed by atoms with Crippen LogP contribution in [0.5, 0.6) is 11.5 Å². The first-order valence-electron chi connectivity index (χ1n) is 10.2. The highest BCUT2D eigenvalue weighted by atomic mass is 35.5. The molecule has 0 atom stereocenters. The Morgan fingerprint density at radius 2 is 1.67 bits per heavy atom. The van der Waals surface area contributed by atoms with E-state index in [4.69, 9.17) is 44.3 Å². The summed E-state index contributed by atoms with van der Waals surface area (Å²) in [5.41, 5.74) is 0.307. The highest BCUT2D eigenvalue weighted by Gasteiger charge is 2.31. The van der Waals surface area contributed by atoms with Crippen molar-refractivity contribution in [1.82, 2.24) is 5.32 Å². The highest BCUT2D eigenvalue weighted by molar-refractivity contribution is 7.93. The van der Waals surface area contributed by atoms with Crippen molar-refractivity contribution in [1.29, 1.82) is 0 Å². The third-order valence-electron chi connectivity index (χ3n) is 5.14. The van der Waals surface area contributed by atoms with Gasteiger partial charge in [0.25, 0.3) is 10.0 Å². The molecule has 3 aromatic rings. The molecule has 4 rings (SSSR count). The number of hydrogen-bond donors (Lipinski definition) is 2. The van der Waals surface area contributed by atoms with Gasteiger partial charge in [-0.2, -0.15) is 0 Å². The molecule has 0 fully saturated rings. The molecule has 1 amide bonds. The van der Waals surface area contributed by atoms with Gasteiger partial charge in [0.2, 0.25) is 12.7 Å². The van der Waals surface area contributed by atoms with Gasteiger partial charge in [-0.3, -0.25) is 9.10 Å². The highest BCUT2D eigenvalue weighted by Crippen LogP contribution is 2.35. The number of nitrogens with zero attached hydrogens (tertiary/aromatic N) is 1. The molecule has 9 nitrogen and oxygen atoms in total. The van der Waals surface area contributed by atoms with E-state index < -0.39 is 33.3 Å². The fourth-order valence-electron chi connectivity index (χ4n) is 3.37. The molecule has 0 aliphatic carbocycles. The van der Waals surface area contributed by atoms with E-state index in [1.807, 2.05) is 0 Å². The fraction of sp³-hybridized carbons (Fsp3) is 0.130. The van der Waals surface area contributed by atoms with Gasteiger partial charge in [0.15, 0.2) is 11.5 Å². The molecule has 0 spiro atoms. The molecule has 188 valence electrons. The number of hydrogen-bond acceptors (Lipinski definition) is 6. The molecule has 2 N–H and O–H groups in total. The van der Waals surface area contributed by atoms with Crippen LogP contribution in [0.15, 0.2) is 59.5 Å². The largest absolute Gasteiger partial charge is 0.478 e. The quantitative estimate of drug-likeness (QED) is 0.406. The van der Waals surface area contributed by atoms with Gasteiger partial charge in [-0.15, -0.1) is 0 Å². The lowest BCUT2D eigenvalue weighted by Gasteiger charge is -2.25. The number of fused-ring (bicyclic) bond motifs is 1. The Hall–Kier alpha value is -3.18. The second-order valence-electron chi connectivity index (χ2n) is 7.52. The lowest BCUT2D eigenvalue weighted by atomic mass is 10.2. The lowest BCUT2D eigenvalue weighted by Crippen LogP contribution is -2.41. The maximum Gasteiger partial charge on any atom is 0.335 e. The molecule has 13 heteroatoms. The summed E-state index contributed by atoms with van der Waals surface area (Å²) in [6.45, 7) is -0.521. The Morgan fingerprint density at radius 1 is 0.944 bits per heavy atom. The van der Waals surface area contributed by atoms with Gasteiger partial charge in [0, 0.05) is 11.6 Å². The molecule has 0 radical (unpaired) electrons. The van der Waals surface area contributed by atoms with Crippen LogP contribution in [-0.2, 0) is 21.4 Å². The third-order valence-corrected chi connectivity index (χ3v) is 7.93. The summed E-state index contributed by atoms with van der Waals surface area (Å²) in [6.07, 6.45) is 0. The van der Waals surface area contributed by atoms with Gasteiger partial charge in [-0.1, -0.05) is 40.9 Å². The standard InChI is InChI=1S/C23H17Cl3N2O7S/c24-15-3-5-16(25)18(9-15)28(36(32,33)21-8-14(23(30)31)2-4-17(21)26)11-22(29)27-10-13-1-6-19-20(7-13)35-12-34-19/h1-9H,10-12H2,(H,27,29)(H,30,31). The van der Waals surface area contributed by atoms with Gasteiger partial charge in [0.05, 0.1) is 21.3 Å². The van der Waals surface area contributed by atoms with Crippen LogP contribution in [0.4, 0.5) is 5.69 Å². The number of carboxylic acid groups (broad SMARTS) is 1. The third kappa shape index (κ3) is 5.46. The number of benzene rings is 3. The average molecular weight is 572 g/mol. The summed E-state index contributed by atoms with van der Waals surface area (Å²) in [5.74, 6) is -0.905. The minimum absolute atomic E-state index is 0.00272. The minimum Gasteiger partial charge on any atom is -0.478 e. The topological polar surface area (TPSA) is 122 Å². The number of carboxylic acids is 1. The van der Waals surface area contributed by atoms with Crippen molar-refractivity contribution in [2.45, 2.75) is 11.4 Å². The maximum atomic E-state index is 13.7. The van der Waals surface area contributed by atoms with Crippen LogP contribution in [0.1, 0.15) is 15.9 Å². The molecule has 0 saturated carbocycles. The predicted octanol–water partition coefficient (Wildman–Crippen LogP) is 4.59. The molecule has 0 bridgehead atoms. The first-order chi connectivity index (χ1) is 17.1. The van der Waals surface area contributed by atoms with Crippen molar-refractivity contribution < 1.29 is 32.6 Å². The summed E-state index contributed by atoms with van der Waals surface area (Å²) >= 11 is 18.5. The van der Waals surface area contributed by atoms with E-state index in [0.717, 1.165) is 16.4 Å². The Labute approximate surface area is 221 Å². The second-order valence-corrected chi connectivity index (χ2v) is 10.6. The zero-order chi connectivity index (χ0) is 26.0. The SMILES string of the molecule is O=C(CN(c1cc(Cl)ccc1Cl)S(=O)(=O)c1cc(C(=O)O)ccc1Cl)NCc1ccc2c(c1)OCO2. The molecule has 0 saturated heterocycles. The summed E-state index contributed by atoms with van der Waals surface area (Å²) in [5, 5.41) is 11.9. The Balaban J connectivity index is 1.65. The smallest absolute Gasteiger partial charge is 0.335 e. The van der Waals surface area contributed by atoms with Crippen LogP contribution in [0.2, 0.25) is 15.1 Å². The zero-order valence-corrected chi connectivity index (χ0v) is 21.3. The van der Waals surface area contributed by atoms with Crippen molar-refractivity contribution >= 4 is 62.4 Å². The van der Waals surface area contributed by atoms with Crippen LogP contribution in [0, 0.1) is 0 Å². The Bertz CT molecular complexity index is 1460. The molecule has 36 heavy (non-hydrogen) atoms. The molecule has 1 heterocycles. The summed E-state index contributed by atoms with van der Waals surface area (Å²) in [7, 11) is -4.57. The van der Waals surface area contributed by atoms with E-state index >= 15 is 0 Å². The maximum absolute atomic E-state index is 13.7. The van der Waals surface area contributed by atoms with E-state index in [1.54, 1.807) is 18.2 Å². The molecule has 1 aliphatic heterocycles. The summed E-state index contributed by atoms with van der Waals surface area (Å²) in [4.78, 5) is 23.8. The first-order valence-corrected chi connectivity index (χ1v) is 12.8. The van der Waals surface area contributed by atoms with Crippen molar-refractivity contribution in [3.05, 3.63) is 80.8 Å². The van der Waals surface area contributed by atoms with Crippen molar-refractivity contribution in [3.8, 4) is 11.5 Å². The van der Waals surface area contributed by atoms with Crippen LogP contribution < -0.4 is 19.1 Å². The molecule has 0 aromatic heterocycles. The minimum atomic E-state index is -4.57. The van der Waals surface area contributed by atoms with Crippen LogP contribution >= 0.6 is 34.8 Å². The van der Waals surface area contributed by atoms with E-state index in [1.165, 1.54) is 24.3 Å². The number of sulfonamides is 1. The van der Waals surface area contributed by atoms with Crippen molar-refractivity contribution in [3.63, 3.8) is 0 Å². The fourth-order valence-corrected chi connectivity index (χ4v) is 5.74. The molecule has 3 aromatic carbocycles. The van der Waals surface area contributed by atoms with Gasteiger partial charge < -0.3 is 19.9 Å². The van der Waals surface area contributed by atoms with Gasteiger partial charge >= 0.3 is 5.97 Å². The number of carbonyl (C=O) groups is 2. The van der Waals surface area contributed by atoms with Crippen molar-refractivity contribution in [2.24, 2.45) is 0 Å².